The average Bonchev–Trinajstić information content (AvgIpc) is 2.85. The van der Waals surface area contributed by atoms with Crippen LogP contribution in [0.25, 0.3) is 11.0 Å². The zero-order valence-electron chi connectivity index (χ0n) is 18.3. The lowest BCUT2D eigenvalue weighted by atomic mass is 9.92. The number of para-hydroxylation sites is 2. The van der Waals surface area contributed by atoms with Gasteiger partial charge in [-0.05, 0) is 35.9 Å². The van der Waals surface area contributed by atoms with Crippen LogP contribution in [-0.2, 0) is 22.4 Å². The van der Waals surface area contributed by atoms with Crippen molar-refractivity contribution in [3.63, 3.8) is 0 Å². The Hall–Kier alpha value is -3.50. The third-order valence-electron chi connectivity index (χ3n) is 5.12. The molecule has 1 heterocycles. The Morgan fingerprint density at radius 2 is 1.67 bits per heavy atom. The number of amides is 1. The van der Waals surface area contributed by atoms with Gasteiger partial charge in [0.1, 0.15) is 18.9 Å². The van der Waals surface area contributed by atoms with Crippen LogP contribution in [0.15, 0.2) is 82.4 Å². The summed E-state index contributed by atoms with van der Waals surface area (Å²) in [4.78, 5) is 26.4. The van der Waals surface area contributed by atoms with E-state index in [0.717, 1.165) is 16.4 Å². The van der Waals surface area contributed by atoms with Gasteiger partial charge in [-0.15, -0.1) is 0 Å². The third kappa shape index (κ3) is 6.00. The van der Waals surface area contributed by atoms with Crippen LogP contribution in [0.3, 0.4) is 0 Å². The van der Waals surface area contributed by atoms with Crippen LogP contribution in [0.1, 0.15) is 28.4 Å². The van der Waals surface area contributed by atoms with Crippen LogP contribution in [0.5, 0.6) is 0 Å². The quantitative estimate of drug-likeness (QED) is 0.155. The fourth-order valence-electron chi connectivity index (χ4n) is 3.45. The molecule has 1 amide bonds. The highest BCUT2D eigenvalue weighted by Gasteiger charge is 2.41. The molecule has 0 aliphatic carbocycles. The second-order valence-electron chi connectivity index (χ2n) is 7.54. The second-order valence-corrected chi connectivity index (χ2v) is 8.83. The molecule has 0 fully saturated rings. The first-order valence-electron chi connectivity index (χ1n) is 10.5. The van der Waals surface area contributed by atoms with E-state index in [-0.39, 0.29) is 23.2 Å². The molecule has 36 heavy (non-hydrogen) atoms. The molecule has 1 atom stereocenters. The lowest BCUT2D eigenvalue weighted by Gasteiger charge is -2.20. The first-order chi connectivity index (χ1) is 17.2. The summed E-state index contributed by atoms with van der Waals surface area (Å²) in [6.45, 7) is 0.114. The van der Waals surface area contributed by atoms with Crippen molar-refractivity contribution in [2.75, 3.05) is 0 Å². The van der Waals surface area contributed by atoms with Crippen LogP contribution < -0.4 is 5.32 Å². The molecule has 4 rings (SSSR count). The Kier molecular flexibility index (Phi) is 7.85. The predicted molar refractivity (Wildman–Crippen MR) is 133 cm³/mol. The molecule has 11 heteroatoms. The van der Waals surface area contributed by atoms with Gasteiger partial charge in [0, 0.05) is 15.1 Å². The third-order valence-corrected chi connectivity index (χ3v) is 6.14. The van der Waals surface area contributed by atoms with Gasteiger partial charge >= 0.3 is 6.18 Å². The molecule has 0 bridgehead atoms. The number of nitrogens with one attached hydrogen (secondary N) is 1. The van der Waals surface area contributed by atoms with Crippen molar-refractivity contribution >= 4 is 50.8 Å². The number of oxime groups is 1. The van der Waals surface area contributed by atoms with Gasteiger partial charge in [0.25, 0.3) is 0 Å². The van der Waals surface area contributed by atoms with Crippen molar-refractivity contribution in [2.24, 2.45) is 5.16 Å². The number of halogens is 5. The zero-order valence-corrected chi connectivity index (χ0v) is 20.7. The number of nitrogens with zero attached hydrogens (tertiary/aromatic N) is 3. The molecule has 3 aromatic carbocycles. The van der Waals surface area contributed by atoms with Gasteiger partial charge in [0.15, 0.2) is 5.69 Å². The molecule has 1 unspecified atom stereocenters. The van der Waals surface area contributed by atoms with Crippen molar-refractivity contribution in [3.05, 3.63) is 105 Å². The lowest BCUT2D eigenvalue weighted by Crippen LogP contribution is -2.31. The van der Waals surface area contributed by atoms with Gasteiger partial charge < -0.3 is 10.2 Å². The van der Waals surface area contributed by atoms with E-state index in [9.17, 15) is 18.0 Å². The standard InChI is InChI=1S/C25H17BrClF3N4O2/c26-18-6-2-1-5-16(18)13-36-32-14-31-24(35)21(15-9-11-17(27)12-10-15)22-23(25(28,29)30)34-20-8-4-3-7-19(20)33-22/h1-12,14,21H,13H2,(H,31,32,35). The minimum Gasteiger partial charge on any atom is -0.390 e. The number of rotatable bonds is 7. The minimum absolute atomic E-state index is 0.0610. The number of hydrogen-bond donors (Lipinski definition) is 1. The first kappa shape index (κ1) is 25.6. The SMILES string of the molecule is O=C(NC=NOCc1ccccc1Br)C(c1ccc(Cl)cc1)c1nc2ccccc2nc1C(F)(F)F. The summed E-state index contributed by atoms with van der Waals surface area (Å²) >= 11 is 9.34. The van der Waals surface area contributed by atoms with Crippen molar-refractivity contribution in [3.8, 4) is 0 Å². The van der Waals surface area contributed by atoms with Crippen LogP contribution in [0, 0.1) is 0 Å². The molecule has 0 spiro atoms. The molecule has 6 nitrogen and oxygen atoms in total. The summed E-state index contributed by atoms with van der Waals surface area (Å²) < 4.78 is 42.9. The van der Waals surface area contributed by atoms with Gasteiger partial charge in [-0.25, -0.2) is 9.97 Å². The van der Waals surface area contributed by atoms with E-state index in [1.807, 2.05) is 24.3 Å². The molecule has 0 aliphatic heterocycles. The molecule has 0 saturated heterocycles. The number of carbonyl (C=O) groups excluding carboxylic acids is 1. The normalized spacial score (nSPS) is 12.6. The Bertz CT molecular complexity index is 1410. The maximum Gasteiger partial charge on any atom is 0.435 e. The van der Waals surface area contributed by atoms with Gasteiger partial charge in [-0.1, -0.05) is 75.2 Å². The molecule has 0 saturated carbocycles. The van der Waals surface area contributed by atoms with Crippen molar-refractivity contribution in [1.29, 1.82) is 0 Å². The molecule has 184 valence electrons. The fraction of sp³-hybridized carbons (Fsp3) is 0.120. The van der Waals surface area contributed by atoms with Gasteiger partial charge in [0.2, 0.25) is 5.91 Å². The summed E-state index contributed by atoms with van der Waals surface area (Å²) in [7, 11) is 0. The smallest absolute Gasteiger partial charge is 0.390 e. The number of alkyl halides is 3. The monoisotopic (exact) mass is 576 g/mol. The molecular weight excluding hydrogens is 561 g/mol. The lowest BCUT2D eigenvalue weighted by molar-refractivity contribution is -0.142. The van der Waals surface area contributed by atoms with Gasteiger partial charge in [-0.3, -0.25) is 4.79 Å². The predicted octanol–water partition coefficient (Wildman–Crippen LogP) is 6.47. The zero-order chi connectivity index (χ0) is 25.7. The highest BCUT2D eigenvalue weighted by atomic mass is 79.9. The topological polar surface area (TPSA) is 76.5 Å². The fourth-order valence-corrected chi connectivity index (χ4v) is 3.97. The second kappa shape index (κ2) is 11.0. The summed E-state index contributed by atoms with van der Waals surface area (Å²) in [5.41, 5.74) is -0.443. The summed E-state index contributed by atoms with van der Waals surface area (Å²) in [5.74, 6) is -2.26. The summed E-state index contributed by atoms with van der Waals surface area (Å²) in [6.07, 6.45) is -3.87. The Morgan fingerprint density at radius 1 is 1.03 bits per heavy atom. The minimum atomic E-state index is -4.85. The average molecular weight is 578 g/mol. The van der Waals surface area contributed by atoms with E-state index in [2.05, 4.69) is 36.4 Å². The maximum absolute atomic E-state index is 14.0. The molecule has 1 aromatic heterocycles. The maximum atomic E-state index is 14.0. The van der Waals surface area contributed by atoms with E-state index < -0.39 is 29.4 Å². The van der Waals surface area contributed by atoms with E-state index in [1.165, 1.54) is 36.4 Å². The molecule has 0 aliphatic rings. The molecule has 4 aromatic rings. The molecule has 1 N–H and O–H groups in total. The summed E-state index contributed by atoms with van der Waals surface area (Å²) in [6, 6.07) is 19.4. The van der Waals surface area contributed by atoms with Crippen molar-refractivity contribution < 1.29 is 22.8 Å². The van der Waals surface area contributed by atoms with Gasteiger partial charge in [-0.2, -0.15) is 13.2 Å². The number of hydrogen-bond acceptors (Lipinski definition) is 5. The largest absolute Gasteiger partial charge is 0.435 e. The highest BCUT2D eigenvalue weighted by Crippen LogP contribution is 2.37. The van der Waals surface area contributed by atoms with Crippen molar-refractivity contribution in [1.82, 2.24) is 15.3 Å². The highest BCUT2D eigenvalue weighted by molar-refractivity contribution is 9.10. The Morgan fingerprint density at radius 3 is 2.33 bits per heavy atom. The van der Waals surface area contributed by atoms with Crippen LogP contribution >= 0.6 is 27.5 Å². The first-order valence-corrected chi connectivity index (χ1v) is 11.7. The number of carbonyl (C=O) groups is 1. The number of aromatic nitrogens is 2. The van der Waals surface area contributed by atoms with Crippen LogP contribution in [-0.4, -0.2) is 22.2 Å². The Balaban J connectivity index is 1.66. The van der Waals surface area contributed by atoms with Crippen LogP contribution in [0.4, 0.5) is 13.2 Å². The van der Waals surface area contributed by atoms with Crippen molar-refractivity contribution in [2.45, 2.75) is 18.7 Å². The van der Waals surface area contributed by atoms with Crippen LogP contribution in [0.2, 0.25) is 5.02 Å². The Labute approximate surface area is 217 Å². The molecule has 0 radical (unpaired) electrons. The summed E-state index contributed by atoms with van der Waals surface area (Å²) in [5, 5.41) is 6.44. The van der Waals surface area contributed by atoms with E-state index in [0.29, 0.717) is 5.02 Å². The number of benzene rings is 3. The van der Waals surface area contributed by atoms with E-state index >= 15 is 0 Å². The van der Waals surface area contributed by atoms with E-state index in [1.54, 1.807) is 12.1 Å². The molecular formula is C25H17BrClF3N4O2. The van der Waals surface area contributed by atoms with E-state index in [4.69, 9.17) is 16.4 Å². The number of fused-ring (bicyclic) bond motifs is 1. The van der Waals surface area contributed by atoms with Gasteiger partial charge in [0.05, 0.1) is 16.7 Å².